The van der Waals surface area contributed by atoms with Crippen LogP contribution < -0.4 is 0 Å². The molecule has 0 amide bonds. The Morgan fingerprint density at radius 1 is 0.800 bits per heavy atom. The van der Waals surface area contributed by atoms with Gasteiger partial charge in [0.05, 0.1) is 0 Å². The minimum Gasteiger partial charge on any atom is -0.361 e. The fourth-order valence-electron chi connectivity index (χ4n) is 4.34. The summed E-state index contributed by atoms with van der Waals surface area (Å²) in [4.78, 5) is 9.43. The molecule has 0 radical (unpaired) electrons. The molecular formula is C22H23N3. The molecule has 0 atom stereocenters. The first-order valence-electron chi connectivity index (χ1n) is 9.22. The minimum absolute atomic E-state index is 0.676. The number of piperidine rings is 1. The van der Waals surface area contributed by atoms with E-state index in [1.165, 1.54) is 58.9 Å². The maximum atomic E-state index is 3.44. The standard InChI is InChI=1S/C22H23N3/c1-3-7-21-18(5-1)17(13-23-21)15-25-11-9-16(10-12-25)20-14-24-22-8-4-2-6-19(20)22/h1-8,13-14,16,23-24H,9-12,15H2. The number of rotatable bonds is 3. The third-order valence-corrected chi connectivity index (χ3v) is 5.72. The molecule has 2 aromatic carbocycles. The average molecular weight is 329 g/mol. The van der Waals surface area contributed by atoms with Gasteiger partial charge in [0.15, 0.2) is 0 Å². The lowest BCUT2D eigenvalue weighted by molar-refractivity contribution is 0.206. The Kier molecular flexibility index (Phi) is 3.60. The second kappa shape index (κ2) is 6.08. The Hall–Kier alpha value is -2.52. The van der Waals surface area contributed by atoms with Crippen molar-refractivity contribution in [3.8, 4) is 0 Å². The van der Waals surface area contributed by atoms with E-state index in [-0.39, 0.29) is 0 Å². The maximum absolute atomic E-state index is 3.44. The Labute approximate surface area is 147 Å². The van der Waals surface area contributed by atoms with Crippen molar-refractivity contribution >= 4 is 21.8 Å². The van der Waals surface area contributed by atoms with Gasteiger partial charge in [0.1, 0.15) is 0 Å². The number of likely N-dealkylation sites (tertiary alicyclic amines) is 1. The largest absolute Gasteiger partial charge is 0.361 e. The first-order valence-corrected chi connectivity index (χ1v) is 9.22. The summed E-state index contributed by atoms with van der Waals surface area (Å²) in [6.07, 6.45) is 6.88. The number of H-pyrrole nitrogens is 2. The summed E-state index contributed by atoms with van der Waals surface area (Å²) in [7, 11) is 0. The van der Waals surface area contributed by atoms with Gasteiger partial charge in [-0.3, -0.25) is 4.90 Å². The molecule has 0 bridgehead atoms. The third-order valence-electron chi connectivity index (χ3n) is 5.72. The highest BCUT2D eigenvalue weighted by molar-refractivity contribution is 5.84. The van der Waals surface area contributed by atoms with Crippen molar-refractivity contribution < 1.29 is 0 Å². The molecule has 3 heterocycles. The van der Waals surface area contributed by atoms with Crippen LogP contribution in [0.1, 0.15) is 29.9 Å². The number of hydrogen-bond acceptors (Lipinski definition) is 1. The van der Waals surface area contributed by atoms with Crippen molar-refractivity contribution in [2.45, 2.75) is 25.3 Å². The SMILES string of the molecule is c1ccc2c(CN3CCC(c4c[nH]c5ccccc45)CC3)c[nH]c2c1. The Morgan fingerprint density at radius 2 is 1.44 bits per heavy atom. The number of hydrogen-bond donors (Lipinski definition) is 2. The predicted molar refractivity (Wildman–Crippen MR) is 104 cm³/mol. The van der Waals surface area contributed by atoms with Crippen LogP contribution in [0.2, 0.25) is 0 Å². The van der Waals surface area contributed by atoms with Gasteiger partial charge in [0, 0.05) is 40.7 Å². The van der Waals surface area contributed by atoms with Crippen LogP contribution in [-0.4, -0.2) is 28.0 Å². The molecule has 5 rings (SSSR count). The summed E-state index contributed by atoms with van der Waals surface area (Å²) in [5.74, 6) is 0.676. The van der Waals surface area contributed by atoms with Gasteiger partial charge in [-0.25, -0.2) is 0 Å². The third kappa shape index (κ3) is 2.65. The van der Waals surface area contributed by atoms with Crippen LogP contribution in [0.25, 0.3) is 21.8 Å². The molecule has 4 aromatic rings. The van der Waals surface area contributed by atoms with Crippen LogP contribution in [0.3, 0.4) is 0 Å². The number of aromatic nitrogens is 2. The van der Waals surface area contributed by atoms with E-state index < -0.39 is 0 Å². The zero-order valence-corrected chi connectivity index (χ0v) is 14.3. The number of fused-ring (bicyclic) bond motifs is 2. The van der Waals surface area contributed by atoms with Crippen molar-refractivity contribution in [2.24, 2.45) is 0 Å². The van der Waals surface area contributed by atoms with E-state index in [0.717, 1.165) is 6.54 Å². The summed E-state index contributed by atoms with van der Waals surface area (Å²) >= 11 is 0. The first kappa shape index (κ1) is 14.8. The van der Waals surface area contributed by atoms with Crippen LogP contribution in [0, 0.1) is 0 Å². The molecule has 2 aromatic heterocycles. The first-order chi connectivity index (χ1) is 12.4. The van der Waals surface area contributed by atoms with E-state index in [0.29, 0.717) is 5.92 Å². The van der Waals surface area contributed by atoms with E-state index >= 15 is 0 Å². The fourth-order valence-corrected chi connectivity index (χ4v) is 4.34. The summed E-state index contributed by atoms with van der Waals surface area (Å²) in [5, 5.41) is 2.76. The lowest BCUT2D eigenvalue weighted by atomic mass is 9.89. The van der Waals surface area contributed by atoms with E-state index in [1.807, 2.05) is 0 Å². The predicted octanol–water partition coefficient (Wildman–Crippen LogP) is 5.03. The van der Waals surface area contributed by atoms with Gasteiger partial charge in [-0.1, -0.05) is 36.4 Å². The van der Waals surface area contributed by atoms with Crippen LogP contribution in [0.4, 0.5) is 0 Å². The Morgan fingerprint density at radius 3 is 2.24 bits per heavy atom. The van der Waals surface area contributed by atoms with Gasteiger partial charge in [-0.15, -0.1) is 0 Å². The molecule has 1 aliphatic heterocycles. The fraction of sp³-hybridized carbons (Fsp3) is 0.273. The normalized spacial score (nSPS) is 16.8. The molecule has 1 aliphatic rings. The molecule has 1 saturated heterocycles. The molecule has 2 N–H and O–H groups in total. The second-order valence-electron chi connectivity index (χ2n) is 7.20. The van der Waals surface area contributed by atoms with Gasteiger partial charge in [0.2, 0.25) is 0 Å². The van der Waals surface area contributed by atoms with E-state index in [1.54, 1.807) is 0 Å². The molecule has 126 valence electrons. The van der Waals surface area contributed by atoms with Crippen LogP contribution in [0.5, 0.6) is 0 Å². The van der Waals surface area contributed by atoms with E-state index in [4.69, 9.17) is 0 Å². The Balaban J connectivity index is 1.30. The van der Waals surface area contributed by atoms with Gasteiger partial charge < -0.3 is 9.97 Å². The lowest BCUT2D eigenvalue weighted by Gasteiger charge is -2.31. The van der Waals surface area contributed by atoms with Crippen LogP contribution >= 0.6 is 0 Å². The summed E-state index contributed by atoms with van der Waals surface area (Å²) in [6.45, 7) is 3.39. The molecule has 3 heteroatoms. The van der Waals surface area contributed by atoms with Crippen LogP contribution in [-0.2, 0) is 6.54 Å². The summed E-state index contributed by atoms with van der Waals surface area (Å²) in [5.41, 5.74) is 5.42. The lowest BCUT2D eigenvalue weighted by Crippen LogP contribution is -2.32. The van der Waals surface area contributed by atoms with Crippen molar-refractivity contribution in [2.75, 3.05) is 13.1 Å². The van der Waals surface area contributed by atoms with E-state index in [2.05, 4.69) is 75.8 Å². The highest BCUT2D eigenvalue weighted by Crippen LogP contribution is 2.33. The minimum atomic E-state index is 0.676. The van der Waals surface area contributed by atoms with Gasteiger partial charge in [0.25, 0.3) is 0 Å². The summed E-state index contributed by atoms with van der Waals surface area (Å²) in [6, 6.07) is 17.3. The van der Waals surface area contributed by atoms with Crippen molar-refractivity contribution in [3.05, 3.63) is 72.1 Å². The molecule has 3 nitrogen and oxygen atoms in total. The van der Waals surface area contributed by atoms with Gasteiger partial charge in [-0.2, -0.15) is 0 Å². The molecular weight excluding hydrogens is 306 g/mol. The molecule has 0 spiro atoms. The monoisotopic (exact) mass is 329 g/mol. The second-order valence-corrected chi connectivity index (χ2v) is 7.20. The molecule has 1 fully saturated rings. The highest BCUT2D eigenvalue weighted by Gasteiger charge is 2.23. The Bertz CT molecular complexity index is 1000. The van der Waals surface area contributed by atoms with Crippen molar-refractivity contribution in [1.82, 2.24) is 14.9 Å². The zero-order valence-electron chi connectivity index (χ0n) is 14.3. The topological polar surface area (TPSA) is 34.8 Å². The van der Waals surface area contributed by atoms with E-state index in [9.17, 15) is 0 Å². The molecule has 0 saturated carbocycles. The summed E-state index contributed by atoms with van der Waals surface area (Å²) < 4.78 is 0. The molecule has 0 aliphatic carbocycles. The van der Waals surface area contributed by atoms with Crippen molar-refractivity contribution in [1.29, 1.82) is 0 Å². The highest BCUT2D eigenvalue weighted by atomic mass is 15.1. The number of nitrogens with zero attached hydrogens (tertiary/aromatic N) is 1. The van der Waals surface area contributed by atoms with Crippen molar-refractivity contribution in [3.63, 3.8) is 0 Å². The molecule has 25 heavy (non-hydrogen) atoms. The quantitative estimate of drug-likeness (QED) is 0.543. The molecule has 0 unspecified atom stereocenters. The smallest absolute Gasteiger partial charge is 0.0457 e. The van der Waals surface area contributed by atoms with Gasteiger partial charge in [-0.05, 0) is 55.1 Å². The maximum Gasteiger partial charge on any atom is 0.0457 e. The number of aromatic amines is 2. The van der Waals surface area contributed by atoms with Crippen LogP contribution in [0.15, 0.2) is 60.9 Å². The van der Waals surface area contributed by atoms with Gasteiger partial charge >= 0.3 is 0 Å². The number of benzene rings is 2. The number of para-hydroxylation sites is 2. The number of nitrogens with one attached hydrogen (secondary N) is 2. The average Bonchev–Trinajstić information content (AvgIpc) is 3.27. The zero-order chi connectivity index (χ0) is 16.6.